The summed E-state index contributed by atoms with van der Waals surface area (Å²) < 4.78 is 27.3. The molecule has 0 bridgehead atoms. The molecule has 8 heteroatoms. The number of carbonyl (C=O) groups excluding carboxylic acids is 1. The van der Waals surface area contributed by atoms with Gasteiger partial charge < -0.3 is 5.32 Å². The quantitative estimate of drug-likeness (QED) is 0.508. The van der Waals surface area contributed by atoms with Crippen molar-refractivity contribution in [2.45, 2.75) is 63.7 Å². The highest BCUT2D eigenvalue weighted by molar-refractivity contribution is 7.88. The highest BCUT2D eigenvalue weighted by Gasteiger charge is 2.32. The van der Waals surface area contributed by atoms with E-state index >= 15 is 0 Å². The van der Waals surface area contributed by atoms with Crippen LogP contribution in [0.5, 0.6) is 0 Å². The van der Waals surface area contributed by atoms with Crippen LogP contribution in [-0.4, -0.2) is 31.7 Å². The number of halogens is 2. The van der Waals surface area contributed by atoms with E-state index in [4.69, 9.17) is 23.2 Å². The Balaban J connectivity index is 1.34. The van der Waals surface area contributed by atoms with Gasteiger partial charge in [0.05, 0.1) is 11.8 Å². The van der Waals surface area contributed by atoms with Gasteiger partial charge in [-0.1, -0.05) is 54.4 Å². The van der Waals surface area contributed by atoms with Gasteiger partial charge in [-0.2, -0.15) is 0 Å². The predicted octanol–water partition coefficient (Wildman–Crippen LogP) is 5.68. The maximum atomic E-state index is 13.0. The van der Waals surface area contributed by atoms with Gasteiger partial charge in [0.15, 0.2) is 0 Å². The number of piperidine rings is 1. The lowest BCUT2D eigenvalue weighted by Crippen LogP contribution is -2.44. The van der Waals surface area contributed by atoms with Gasteiger partial charge in [0.1, 0.15) is 0 Å². The first-order valence-corrected chi connectivity index (χ1v) is 14.5. The lowest BCUT2D eigenvalue weighted by atomic mass is 9.88. The van der Waals surface area contributed by atoms with Crippen LogP contribution < -0.4 is 5.32 Å². The molecule has 1 saturated heterocycles. The normalized spacial score (nSPS) is 18.3. The van der Waals surface area contributed by atoms with E-state index in [2.05, 4.69) is 30.4 Å². The molecule has 1 unspecified atom stereocenters. The first kappa shape index (κ1) is 25.5. The van der Waals surface area contributed by atoms with Crippen LogP contribution in [0.1, 0.15) is 67.3 Å². The maximum absolute atomic E-state index is 13.0. The smallest absolute Gasteiger partial charge is 0.223 e. The Labute approximate surface area is 212 Å². The van der Waals surface area contributed by atoms with Crippen molar-refractivity contribution in [2.24, 2.45) is 5.92 Å². The third-order valence-corrected chi connectivity index (χ3v) is 9.49. The van der Waals surface area contributed by atoms with Gasteiger partial charge in [0, 0.05) is 29.1 Å². The third kappa shape index (κ3) is 5.96. The number of hydrogen-bond donors (Lipinski definition) is 1. The summed E-state index contributed by atoms with van der Waals surface area (Å²) in [5, 5.41) is 4.05. The SMILES string of the molecule is CCC(NC(=O)C1CCN(S(=O)(=O)Cc2ccc(Cl)cc2Cl)CC1)c1ccc2c(c1)CCCC2. The fourth-order valence-corrected chi connectivity index (χ4v) is 7.15. The van der Waals surface area contributed by atoms with Crippen LogP contribution in [0.3, 0.4) is 0 Å². The second-order valence-electron chi connectivity index (χ2n) is 9.37. The summed E-state index contributed by atoms with van der Waals surface area (Å²) in [6, 6.07) is 11.4. The summed E-state index contributed by atoms with van der Waals surface area (Å²) in [5.41, 5.74) is 4.54. The van der Waals surface area contributed by atoms with E-state index in [1.807, 2.05) is 0 Å². The number of hydrogen-bond acceptors (Lipinski definition) is 3. The number of amides is 1. The lowest BCUT2D eigenvalue weighted by Gasteiger charge is -2.31. The molecule has 34 heavy (non-hydrogen) atoms. The Hall–Kier alpha value is -1.60. The first-order valence-electron chi connectivity index (χ1n) is 12.1. The van der Waals surface area contributed by atoms with Crippen molar-refractivity contribution in [3.05, 3.63) is 68.7 Å². The fourth-order valence-electron chi connectivity index (χ4n) is 5.00. The number of nitrogens with one attached hydrogen (secondary N) is 1. The van der Waals surface area contributed by atoms with E-state index < -0.39 is 10.0 Å². The van der Waals surface area contributed by atoms with Crippen molar-refractivity contribution in [1.82, 2.24) is 9.62 Å². The molecule has 1 aliphatic carbocycles. The number of rotatable bonds is 7. The average molecular weight is 524 g/mol. The van der Waals surface area contributed by atoms with Crippen molar-refractivity contribution in [3.8, 4) is 0 Å². The molecule has 0 saturated carbocycles. The number of nitrogens with zero attached hydrogens (tertiary/aromatic N) is 1. The van der Waals surface area contributed by atoms with E-state index in [-0.39, 0.29) is 23.6 Å². The van der Waals surface area contributed by atoms with Gasteiger partial charge in [-0.15, -0.1) is 0 Å². The number of carbonyl (C=O) groups is 1. The van der Waals surface area contributed by atoms with Crippen LogP contribution in [0.2, 0.25) is 10.0 Å². The minimum Gasteiger partial charge on any atom is -0.349 e. The van der Waals surface area contributed by atoms with Gasteiger partial charge in [0.25, 0.3) is 0 Å². The average Bonchev–Trinajstić information content (AvgIpc) is 2.84. The monoisotopic (exact) mass is 522 g/mol. The van der Waals surface area contributed by atoms with Gasteiger partial charge in [-0.05, 0) is 79.3 Å². The molecule has 184 valence electrons. The molecule has 1 amide bonds. The Kier molecular flexibility index (Phi) is 8.24. The number of fused-ring (bicyclic) bond motifs is 1. The Bertz CT molecular complexity index is 1140. The van der Waals surface area contributed by atoms with Gasteiger partial charge in [-0.25, -0.2) is 12.7 Å². The second kappa shape index (κ2) is 11.0. The van der Waals surface area contributed by atoms with Crippen LogP contribution in [0.15, 0.2) is 36.4 Å². The maximum Gasteiger partial charge on any atom is 0.223 e. The molecule has 1 atom stereocenters. The summed E-state index contributed by atoms with van der Waals surface area (Å²) >= 11 is 12.1. The lowest BCUT2D eigenvalue weighted by molar-refractivity contribution is -0.126. The summed E-state index contributed by atoms with van der Waals surface area (Å²) in [7, 11) is -3.53. The number of aryl methyl sites for hydroxylation is 2. The van der Waals surface area contributed by atoms with Crippen molar-refractivity contribution >= 4 is 39.1 Å². The Morgan fingerprint density at radius 2 is 1.76 bits per heavy atom. The van der Waals surface area contributed by atoms with E-state index in [0.717, 1.165) is 24.8 Å². The Morgan fingerprint density at radius 3 is 2.44 bits per heavy atom. The first-order chi connectivity index (χ1) is 16.3. The van der Waals surface area contributed by atoms with E-state index in [1.165, 1.54) is 28.3 Å². The largest absolute Gasteiger partial charge is 0.349 e. The molecule has 1 heterocycles. The zero-order valence-electron chi connectivity index (χ0n) is 19.5. The van der Waals surface area contributed by atoms with Gasteiger partial charge in [0.2, 0.25) is 15.9 Å². The summed E-state index contributed by atoms with van der Waals surface area (Å²) in [6.45, 7) is 2.75. The predicted molar refractivity (Wildman–Crippen MR) is 138 cm³/mol. The standard InChI is InChI=1S/C26H32Cl2N2O3S/c1-2-25(21-8-7-18-5-3-4-6-20(18)15-21)29-26(31)19-11-13-30(14-12-19)34(32,33)17-22-9-10-23(27)16-24(22)28/h7-10,15-16,19,25H,2-6,11-14,17H2,1H3,(H,29,31). The minimum atomic E-state index is -3.53. The molecule has 0 spiro atoms. The van der Waals surface area contributed by atoms with Crippen molar-refractivity contribution < 1.29 is 13.2 Å². The van der Waals surface area contributed by atoms with E-state index in [0.29, 0.717) is 41.5 Å². The second-order valence-corrected chi connectivity index (χ2v) is 12.2. The molecular weight excluding hydrogens is 491 g/mol. The molecule has 1 N–H and O–H groups in total. The molecule has 4 rings (SSSR count). The highest BCUT2D eigenvalue weighted by Crippen LogP contribution is 2.29. The van der Waals surface area contributed by atoms with Crippen molar-refractivity contribution in [1.29, 1.82) is 0 Å². The zero-order chi connectivity index (χ0) is 24.3. The van der Waals surface area contributed by atoms with Crippen LogP contribution in [0.4, 0.5) is 0 Å². The van der Waals surface area contributed by atoms with Crippen LogP contribution in [0.25, 0.3) is 0 Å². The molecule has 2 aliphatic rings. The zero-order valence-corrected chi connectivity index (χ0v) is 21.9. The molecule has 0 aromatic heterocycles. The molecular formula is C26H32Cl2N2O3S. The van der Waals surface area contributed by atoms with E-state index in [9.17, 15) is 13.2 Å². The van der Waals surface area contributed by atoms with Crippen LogP contribution in [-0.2, 0) is 33.4 Å². The van der Waals surface area contributed by atoms with Crippen LogP contribution in [0, 0.1) is 5.92 Å². The summed E-state index contributed by atoms with van der Waals surface area (Å²) in [5.74, 6) is -0.338. The summed E-state index contributed by atoms with van der Waals surface area (Å²) in [4.78, 5) is 13.0. The number of benzene rings is 2. The number of sulfonamides is 1. The fraction of sp³-hybridized carbons (Fsp3) is 0.500. The molecule has 1 fully saturated rings. The Morgan fingerprint density at radius 1 is 1.06 bits per heavy atom. The van der Waals surface area contributed by atoms with Crippen LogP contribution >= 0.6 is 23.2 Å². The van der Waals surface area contributed by atoms with Crippen molar-refractivity contribution in [3.63, 3.8) is 0 Å². The molecule has 2 aromatic carbocycles. The molecule has 2 aromatic rings. The molecule has 1 aliphatic heterocycles. The van der Waals surface area contributed by atoms with Gasteiger partial charge >= 0.3 is 0 Å². The third-order valence-electron chi connectivity index (χ3n) is 7.07. The van der Waals surface area contributed by atoms with Crippen molar-refractivity contribution in [2.75, 3.05) is 13.1 Å². The summed E-state index contributed by atoms with van der Waals surface area (Å²) in [6.07, 6.45) is 6.58. The highest BCUT2D eigenvalue weighted by atomic mass is 35.5. The van der Waals surface area contributed by atoms with E-state index in [1.54, 1.807) is 18.2 Å². The topological polar surface area (TPSA) is 66.5 Å². The molecule has 0 radical (unpaired) electrons. The van der Waals surface area contributed by atoms with Gasteiger partial charge in [-0.3, -0.25) is 4.79 Å². The minimum absolute atomic E-state index is 0.0161. The molecule has 5 nitrogen and oxygen atoms in total.